The minimum atomic E-state index is 0. The molecule has 0 saturated heterocycles. The fraction of sp³-hybridized carbons (Fsp3) is 0.688. The van der Waals surface area contributed by atoms with Crippen molar-refractivity contribution in [1.82, 2.24) is 4.90 Å². The fourth-order valence-electron chi connectivity index (χ4n) is 2.60. The maximum Gasteiger partial charge on any atom is 0.156 e. The maximum atomic E-state index is 11.8. The molecule has 1 rings (SSSR count). The standard InChI is InChI=1S/C16H27NO.ClH/c1-13-7-6-11-16(2,3)15(13)9-8-14(18)10-12-17(4)5;/h7-9,15H,6,10-12H2,1-5H3;1H/b9-8+;. The molecule has 0 radical (unpaired) electrons. The van der Waals surface area contributed by atoms with Crippen LogP contribution in [0.25, 0.3) is 0 Å². The van der Waals surface area contributed by atoms with Gasteiger partial charge < -0.3 is 4.90 Å². The Hall–Kier alpha value is -0.600. The summed E-state index contributed by atoms with van der Waals surface area (Å²) in [5, 5.41) is 0. The summed E-state index contributed by atoms with van der Waals surface area (Å²) in [4.78, 5) is 13.8. The van der Waals surface area contributed by atoms with Gasteiger partial charge in [0.25, 0.3) is 0 Å². The Balaban J connectivity index is 0.00000324. The highest BCUT2D eigenvalue weighted by molar-refractivity contribution is 5.89. The second-order valence-electron chi connectivity index (χ2n) is 6.33. The van der Waals surface area contributed by atoms with Crippen LogP contribution in [0.2, 0.25) is 0 Å². The first-order valence-corrected chi connectivity index (χ1v) is 6.85. The average molecular weight is 286 g/mol. The summed E-state index contributed by atoms with van der Waals surface area (Å²) in [5.41, 5.74) is 1.68. The third-order valence-corrected chi connectivity index (χ3v) is 3.87. The summed E-state index contributed by atoms with van der Waals surface area (Å²) in [6, 6.07) is 0. The normalized spacial score (nSPS) is 22.2. The van der Waals surface area contributed by atoms with Crippen LogP contribution in [-0.2, 0) is 4.79 Å². The highest BCUT2D eigenvalue weighted by Gasteiger charge is 2.30. The molecular weight excluding hydrogens is 258 g/mol. The van der Waals surface area contributed by atoms with Crippen LogP contribution >= 0.6 is 12.4 Å². The molecule has 0 aromatic carbocycles. The Morgan fingerprint density at radius 2 is 2.11 bits per heavy atom. The monoisotopic (exact) mass is 285 g/mol. The van der Waals surface area contributed by atoms with E-state index in [9.17, 15) is 4.79 Å². The van der Waals surface area contributed by atoms with Crippen molar-refractivity contribution in [2.75, 3.05) is 20.6 Å². The zero-order valence-electron chi connectivity index (χ0n) is 12.9. The summed E-state index contributed by atoms with van der Waals surface area (Å²) in [6.45, 7) is 7.60. The van der Waals surface area contributed by atoms with Crippen LogP contribution in [0.4, 0.5) is 0 Å². The second-order valence-corrected chi connectivity index (χ2v) is 6.33. The van der Waals surface area contributed by atoms with Crippen LogP contribution in [0.3, 0.4) is 0 Å². The largest absolute Gasteiger partial charge is 0.309 e. The van der Waals surface area contributed by atoms with Crippen LogP contribution in [0.15, 0.2) is 23.8 Å². The van der Waals surface area contributed by atoms with Gasteiger partial charge in [-0.2, -0.15) is 0 Å². The van der Waals surface area contributed by atoms with Crippen molar-refractivity contribution < 1.29 is 4.79 Å². The minimum absolute atomic E-state index is 0. The molecule has 1 unspecified atom stereocenters. The van der Waals surface area contributed by atoms with Gasteiger partial charge in [-0.05, 0) is 45.4 Å². The summed E-state index contributed by atoms with van der Waals surface area (Å²) in [7, 11) is 3.99. The molecule has 0 N–H and O–H groups in total. The first-order valence-electron chi connectivity index (χ1n) is 6.85. The summed E-state index contributed by atoms with van der Waals surface area (Å²) in [5.74, 6) is 0.646. The molecule has 0 bridgehead atoms. The number of allylic oxidation sites excluding steroid dienone is 4. The van der Waals surface area contributed by atoms with Crippen molar-refractivity contribution in [3.05, 3.63) is 23.8 Å². The summed E-state index contributed by atoms with van der Waals surface area (Å²) < 4.78 is 0. The molecule has 2 nitrogen and oxygen atoms in total. The van der Waals surface area contributed by atoms with Crippen molar-refractivity contribution >= 4 is 18.2 Å². The third kappa shape index (κ3) is 5.92. The lowest BCUT2D eigenvalue weighted by molar-refractivity contribution is -0.114. The lowest BCUT2D eigenvalue weighted by Gasteiger charge is -2.36. The van der Waals surface area contributed by atoms with Gasteiger partial charge >= 0.3 is 0 Å². The van der Waals surface area contributed by atoms with E-state index in [-0.39, 0.29) is 23.6 Å². The van der Waals surface area contributed by atoms with Crippen LogP contribution in [-0.4, -0.2) is 31.3 Å². The van der Waals surface area contributed by atoms with E-state index in [4.69, 9.17) is 0 Å². The van der Waals surface area contributed by atoms with E-state index in [2.05, 4.69) is 32.9 Å². The molecule has 0 aromatic heterocycles. The van der Waals surface area contributed by atoms with Crippen molar-refractivity contribution in [2.24, 2.45) is 11.3 Å². The summed E-state index contributed by atoms with van der Waals surface area (Å²) in [6.07, 6.45) is 9.19. The van der Waals surface area contributed by atoms with Gasteiger partial charge in [-0.15, -0.1) is 12.4 Å². The van der Waals surface area contributed by atoms with Gasteiger partial charge in [0.15, 0.2) is 5.78 Å². The molecule has 0 saturated carbocycles. The molecule has 0 heterocycles. The molecule has 1 atom stereocenters. The van der Waals surface area contributed by atoms with Crippen molar-refractivity contribution in [3.8, 4) is 0 Å². The highest BCUT2D eigenvalue weighted by Crippen LogP contribution is 2.41. The molecule has 0 amide bonds. The van der Waals surface area contributed by atoms with Crippen molar-refractivity contribution in [1.29, 1.82) is 0 Å². The maximum absolute atomic E-state index is 11.8. The van der Waals surface area contributed by atoms with E-state index in [1.54, 1.807) is 6.08 Å². The Morgan fingerprint density at radius 3 is 2.63 bits per heavy atom. The fourth-order valence-corrected chi connectivity index (χ4v) is 2.60. The Morgan fingerprint density at radius 1 is 1.47 bits per heavy atom. The first-order chi connectivity index (χ1) is 8.33. The number of halogens is 1. The molecular formula is C16H28ClNO. The zero-order valence-corrected chi connectivity index (χ0v) is 13.7. The van der Waals surface area contributed by atoms with E-state index in [0.29, 0.717) is 12.3 Å². The number of carbonyl (C=O) groups excluding carboxylic acids is 1. The lowest BCUT2D eigenvalue weighted by atomic mass is 9.68. The van der Waals surface area contributed by atoms with Gasteiger partial charge in [-0.25, -0.2) is 0 Å². The molecule has 1 aliphatic rings. The van der Waals surface area contributed by atoms with E-state index in [1.807, 2.05) is 19.0 Å². The lowest BCUT2D eigenvalue weighted by Crippen LogP contribution is -2.26. The average Bonchev–Trinajstić information content (AvgIpc) is 2.24. The number of ketones is 1. The first kappa shape index (κ1) is 18.4. The SMILES string of the molecule is CC1=CCCC(C)(C)C1/C=C/C(=O)CCN(C)C.Cl. The predicted molar refractivity (Wildman–Crippen MR) is 84.8 cm³/mol. The number of rotatable bonds is 5. The van der Waals surface area contributed by atoms with E-state index >= 15 is 0 Å². The van der Waals surface area contributed by atoms with Gasteiger partial charge in [0.2, 0.25) is 0 Å². The number of hydrogen-bond acceptors (Lipinski definition) is 2. The highest BCUT2D eigenvalue weighted by atomic mass is 35.5. The van der Waals surface area contributed by atoms with Gasteiger partial charge in [0.05, 0.1) is 0 Å². The Kier molecular flexibility index (Phi) is 7.61. The van der Waals surface area contributed by atoms with Crippen LogP contribution in [0.5, 0.6) is 0 Å². The van der Waals surface area contributed by atoms with E-state index < -0.39 is 0 Å². The van der Waals surface area contributed by atoms with Gasteiger partial charge in [-0.1, -0.05) is 31.6 Å². The van der Waals surface area contributed by atoms with E-state index in [0.717, 1.165) is 13.0 Å². The van der Waals surface area contributed by atoms with Crippen LogP contribution in [0.1, 0.15) is 40.0 Å². The molecule has 3 heteroatoms. The third-order valence-electron chi connectivity index (χ3n) is 3.87. The molecule has 1 aliphatic carbocycles. The topological polar surface area (TPSA) is 20.3 Å². The quantitative estimate of drug-likeness (QED) is 0.565. The Bertz CT molecular complexity index is 356. The molecule has 19 heavy (non-hydrogen) atoms. The number of carbonyl (C=O) groups is 1. The number of nitrogens with zero attached hydrogens (tertiary/aromatic N) is 1. The van der Waals surface area contributed by atoms with Crippen LogP contribution < -0.4 is 0 Å². The van der Waals surface area contributed by atoms with Gasteiger partial charge in [-0.3, -0.25) is 4.79 Å². The van der Waals surface area contributed by atoms with Gasteiger partial charge in [0.1, 0.15) is 0 Å². The minimum Gasteiger partial charge on any atom is -0.309 e. The van der Waals surface area contributed by atoms with Crippen molar-refractivity contribution in [3.63, 3.8) is 0 Å². The molecule has 0 aliphatic heterocycles. The molecule has 0 fully saturated rings. The van der Waals surface area contributed by atoms with Crippen LogP contribution in [0, 0.1) is 11.3 Å². The van der Waals surface area contributed by atoms with Crippen molar-refractivity contribution in [2.45, 2.75) is 40.0 Å². The van der Waals surface area contributed by atoms with E-state index in [1.165, 1.54) is 12.0 Å². The van der Waals surface area contributed by atoms with Gasteiger partial charge in [0, 0.05) is 18.9 Å². The molecule has 0 aromatic rings. The molecule has 110 valence electrons. The number of hydrogen-bond donors (Lipinski definition) is 0. The zero-order chi connectivity index (χ0) is 13.8. The Labute approximate surface area is 124 Å². The smallest absolute Gasteiger partial charge is 0.156 e. The molecule has 0 spiro atoms. The predicted octanol–water partition coefficient (Wildman–Crippen LogP) is 3.87. The second kappa shape index (κ2) is 7.86. The summed E-state index contributed by atoms with van der Waals surface area (Å²) >= 11 is 0.